The molecule has 4 aliphatic rings. The summed E-state index contributed by atoms with van der Waals surface area (Å²) in [4.78, 5) is 47.5. The summed E-state index contributed by atoms with van der Waals surface area (Å²) in [6.07, 6.45) is 0.104. The molecule has 0 aliphatic heterocycles. The Morgan fingerprint density at radius 1 is 0.655 bits per heavy atom. The van der Waals surface area contributed by atoms with Gasteiger partial charge in [0.15, 0.2) is 9.84 Å². The molecule has 0 heterocycles. The lowest BCUT2D eigenvalue weighted by molar-refractivity contribution is -0.156. The summed E-state index contributed by atoms with van der Waals surface area (Å²) >= 11 is 0. The highest BCUT2D eigenvalue weighted by molar-refractivity contribution is 7.94. The highest BCUT2D eigenvalue weighted by Crippen LogP contribution is 2.67. The maximum absolute atomic E-state index is 14.0. The third-order valence-corrected chi connectivity index (χ3v) is 11.5. The Morgan fingerprint density at radius 3 is 1.28 bits per heavy atom. The molecule has 4 saturated carbocycles. The van der Waals surface area contributed by atoms with E-state index >= 15 is 0 Å². The number of carboxylic acids is 4. The standard InChI is InChI=1S/C18H22O10S/c19-13(20)9-7-1-3-17(5-7,11(9)15(23)24)29(27,28)18-4-2-8(6-18)10(14(21)22)12(18)16(25)26/h7-12H,1-6H2,(H,19,20)(H,21,22)(H,23,24)(H,25,26). The quantitative estimate of drug-likeness (QED) is 0.457. The van der Waals surface area contributed by atoms with Crippen LogP contribution in [0.25, 0.3) is 0 Å². The summed E-state index contributed by atoms with van der Waals surface area (Å²) < 4.78 is 24.4. The lowest BCUT2D eigenvalue weighted by Gasteiger charge is -2.43. The van der Waals surface area contributed by atoms with E-state index in [2.05, 4.69) is 0 Å². The molecule has 8 atom stereocenters. The molecule has 29 heavy (non-hydrogen) atoms. The highest BCUT2D eigenvalue weighted by Gasteiger charge is 2.77. The van der Waals surface area contributed by atoms with Gasteiger partial charge in [0, 0.05) is 0 Å². The first-order valence-corrected chi connectivity index (χ1v) is 11.0. The zero-order valence-corrected chi connectivity index (χ0v) is 16.2. The van der Waals surface area contributed by atoms with Gasteiger partial charge in [0.25, 0.3) is 0 Å². The Kier molecular flexibility index (Phi) is 4.11. The van der Waals surface area contributed by atoms with Gasteiger partial charge in [-0.15, -0.1) is 0 Å². The molecule has 160 valence electrons. The van der Waals surface area contributed by atoms with Crippen molar-refractivity contribution in [2.45, 2.75) is 48.0 Å². The molecule has 0 aromatic carbocycles. The molecule has 11 heteroatoms. The van der Waals surface area contributed by atoms with Crippen molar-refractivity contribution >= 4 is 33.7 Å². The Bertz CT molecular complexity index is 857. The molecular formula is C18H22O10S. The second-order valence-corrected chi connectivity index (χ2v) is 11.6. The summed E-state index contributed by atoms with van der Waals surface area (Å²) in [7, 11) is -4.49. The number of carbonyl (C=O) groups is 4. The van der Waals surface area contributed by atoms with E-state index in [1.165, 1.54) is 0 Å². The molecule has 0 spiro atoms. The molecular weight excluding hydrogens is 408 g/mol. The van der Waals surface area contributed by atoms with Gasteiger partial charge < -0.3 is 20.4 Å². The summed E-state index contributed by atoms with van der Waals surface area (Å²) in [5.74, 6) is -13.1. The molecule has 4 N–H and O–H groups in total. The fourth-order valence-corrected chi connectivity index (χ4v) is 10.8. The number of hydrogen-bond donors (Lipinski definition) is 4. The van der Waals surface area contributed by atoms with Crippen molar-refractivity contribution in [3.8, 4) is 0 Å². The van der Waals surface area contributed by atoms with Crippen molar-refractivity contribution in [2.24, 2.45) is 35.5 Å². The second-order valence-electron chi connectivity index (χ2n) is 9.00. The maximum atomic E-state index is 14.0. The average Bonchev–Trinajstić information content (AvgIpc) is 3.37. The Balaban J connectivity index is 1.88. The normalized spacial score (nSPS) is 45.4. The first kappa shape index (κ1) is 20.1. The van der Waals surface area contributed by atoms with Gasteiger partial charge in [0.05, 0.1) is 33.2 Å². The lowest BCUT2D eigenvalue weighted by atomic mass is 9.78. The molecule has 4 rings (SSSR count). The van der Waals surface area contributed by atoms with Gasteiger partial charge in [-0.25, -0.2) is 8.42 Å². The number of hydrogen-bond acceptors (Lipinski definition) is 6. The second kappa shape index (κ2) is 5.93. The van der Waals surface area contributed by atoms with E-state index in [9.17, 15) is 48.0 Å². The van der Waals surface area contributed by atoms with Gasteiger partial charge in [-0.2, -0.15) is 0 Å². The van der Waals surface area contributed by atoms with Gasteiger partial charge >= 0.3 is 23.9 Å². The fourth-order valence-electron chi connectivity index (χ4n) is 7.21. The molecule has 4 aliphatic carbocycles. The van der Waals surface area contributed by atoms with Crippen molar-refractivity contribution in [3.05, 3.63) is 0 Å². The third-order valence-electron chi connectivity index (χ3n) is 8.13. The molecule has 0 saturated heterocycles. The monoisotopic (exact) mass is 430 g/mol. The van der Waals surface area contributed by atoms with Crippen LogP contribution in [0.4, 0.5) is 0 Å². The molecule has 0 aromatic rings. The van der Waals surface area contributed by atoms with Gasteiger partial charge in [-0.3, -0.25) is 19.2 Å². The first-order valence-electron chi connectivity index (χ1n) is 9.57. The van der Waals surface area contributed by atoms with Crippen LogP contribution in [0, 0.1) is 35.5 Å². The number of fused-ring (bicyclic) bond motifs is 4. The topological polar surface area (TPSA) is 183 Å². The van der Waals surface area contributed by atoms with Crippen molar-refractivity contribution in [3.63, 3.8) is 0 Å². The minimum atomic E-state index is -4.49. The SMILES string of the molecule is O=C(O)C1C2CCC(S(=O)(=O)C34CCC(C3)C(C(=O)O)C4C(=O)O)(C2)C1C(=O)O. The van der Waals surface area contributed by atoms with Crippen molar-refractivity contribution in [2.75, 3.05) is 0 Å². The van der Waals surface area contributed by atoms with Crippen LogP contribution in [0.5, 0.6) is 0 Å². The fraction of sp³-hybridized carbons (Fsp3) is 0.778. The van der Waals surface area contributed by atoms with Crippen LogP contribution in [-0.2, 0) is 29.0 Å². The van der Waals surface area contributed by atoms with E-state index in [4.69, 9.17) is 0 Å². The van der Waals surface area contributed by atoms with Crippen LogP contribution in [0.15, 0.2) is 0 Å². The number of aliphatic carboxylic acids is 4. The largest absolute Gasteiger partial charge is 0.481 e. The van der Waals surface area contributed by atoms with Crippen LogP contribution >= 0.6 is 0 Å². The maximum Gasteiger partial charge on any atom is 0.309 e. The van der Waals surface area contributed by atoms with Crippen molar-refractivity contribution < 1.29 is 48.0 Å². The predicted octanol–water partition coefficient (Wildman–Crippen LogP) is 0.309. The van der Waals surface area contributed by atoms with Crippen molar-refractivity contribution in [1.29, 1.82) is 0 Å². The number of carboxylic acid groups (broad SMARTS) is 4. The summed E-state index contributed by atoms with van der Waals surface area (Å²) in [5.41, 5.74) is 0. The molecule has 0 amide bonds. The summed E-state index contributed by atoms with van der Waals surface area (Å²) in [6.45, 7) is 0. The molecule has 8 unspecified atom stereocenters. The summed E-state index contributed by atoms with van der Waals surface area (Å²) in [5, 5.41) is 38.6. The minimum absolute atomic E-state index is 0.0444. The van der Waals surface area contributed by atoms with Crippen LogP contribution in [0.3, 0.4) is 0 Å². The van der Waals surface area contributed by atoms with Crippen LogP contribution in [0.1, 0.15) is 38.5 Å². The van der Waals surface area contributed by atoms with Gasteiger partial charge in [0.2, 0.25) is 0 Å². The number of sulfone groups is 1. The van der Waals surface area contributed by atoms with E-state index in [1.807, 2.05) is 0 Å². The zero-order valence-electron chi connectivity index (χ0n) is 15.4. The molecule has 4 bridgehead atoms. The average molecular weight is 430 g/mol. The van der Waals surface area contributed by atoms with E-state index in [1.54, 1.807) is 0 Å². The van der Waals surface area contributed by atoms with Crippen molar-refractivity contribution in [1.82, 2.24) is 0 Å². The highest BCUT2D eigenvalue weighted by atomic mass is 32.2. The molecule has 0 aromatic heterocycles. The molecule has 10 nitrogen and oxygen atoms in total. The van der Waals surface area contributed by atoms with E-state index in [0.29, 0.717) is 0 Å². The predicted molar refractivity (Wildman–Crippen MR) is 93.6 cm³/mol. The van der Waals surface area contributed by atoms with E-state index in [0.717, 1.165) is 0 Å². The lowest BCUT2D eigenvalue weighted by Crippen LogP contribution is -2.60. The number of rotatable bonds is 6. The Labute approximate surface area is 165 Å². The smallest absolute Gasteiger partial charge is 0.309 e. The summed E-state index contributed by atoms with van der Waals surface area (Å²) in [6, 6.07) is 0. The molecule has 0 radical (unpaired) electrons. The van der Waals surface area contributed by atoms with Gasteiger partial charge in [-0.1, -0.05) is 0 Å². The third kappa shape index (κ3) is 2.19. The van der Waals surface area contributed by atoms with E-state index < -0.39 is 78.7 Å². The van der Waals surface area contributed by atoms with Gasteiger partial charge in [-0.05, 0) is 50.4 Å². The van der Waals surface area contributed by atoms with Crippen LogP contribution in [0.2, 0.25) is 0 Å². The molecule has 4 fully saturated rings. The Hall–Kier alpha value is -2.17. The first-order chi connectivity index (χ1) is 13.4. The van der Waals surface area contributed by atoms with Crippen LogP contribution < -0.4 is 0 Å². The Morgan fingerprint density at radius 2 is 1.00 bits per heavy atom. The van der Waals surface area contributed by atoms with Crippen LogP contribution in [-0.4, -0.2) is 62.2 Å². The minimum Gasteiger partial charge on any atom is -0.481 e. The van der Waals surface area contributed by atoms with Gasteiger partial charge in [0.1, 0.15) is 0 Å². The van der Waals surface area contributed by atoms with E-state index in [-0.39, 0.29) is 38.5 Å². The zero-order chi connectivity index (χ0) is 21.5.